The largest absolute Gasteiger partial charge is 0.491 e. The van der Waals surface area contributed by atoms with Crippen LogP contribution in [0.15, 0.2) is 12.7 Å². The van der Waals surface area contributed by atoms with Gasteiger partial charge >= 0.3 is 23.3 Å². The van der Waals surface area contributed by atoms with E-state index < -0.39 is 40.0 Å². The lowest BCUT2D eigenvalue weighted by Crippen LogP contribution is -2.64. The zero-order chi connectivity index (χ0) is 21.7. The normalized spacial score (nSPS) is 17.7. The molecule has 0 spiro atoms. The Morgan fingerprint density at radius 3 is 1.48 bits per heavy atom. The maximum atomic E-state index is 12.3. The van der Waals surface area contributed by atoms with Gasteiger partial charge in [0.15, 0.2) is 16.6 Å². The van der Waals surface area contributed by atoms with Crippen molar-refractivity contribution in [2.75, 3.05) is 0 Å². The van der Waals surface area contributed by atoms with Gasteiger partial charge in [0.2, 0.25) is 0 Å². The van der Waals surface area contributed by atoms with E-state index in [9.17, 15) is 4.79 Å². The molecule has 5 nitrogen and oxygen atoms in total. The second kappa shape index (κ2) is 10.1. The van der Waals surface area contributed by atoms with Crippen LogP contribution in [0.2, 0.25) is 56.9 Å². The van der Waals surface area contributed by atoms with E-state index in [-0.39, 0.29) is 11.1 Å². The van der Waals surface area contributed by atoms with Crippen LogP contribution in [0.4, 0.5) is 0 Å². The summed E-state index contributed by atoms with van der Waals surface area (Å²) in [4.78, 5) is 12.3. The Morgan fingerprint density at radius 1 is 0.852 bits per heavy atom. The van der Waals surface area contributed by atoms with E-state index in [1.807, 2.05) is 6.55 Å². The van der Waals surface area contributed by atoms with Crippen LogP contribution in [-0.2, 0) is 21.6 Å². The van der Waals surface area contributed by atoms with Crippen molar-refractivity contribution in [3.63, 3.8) is 0 Å². The van der Waals surface area contributed by atoms with E-state index in [4.69, 9.17) is 16.8 Å². The lowest BCUT2D eigenvalue weighted by atomic mass is 10.4. The smallest absolute Gasteiger partial charge is 0.468 e. The maximum absolute atomic E-state index is 12.3. The third kappa shape index (κ3) is 8.88. The highest BCUT2D eigenvalue weighted by Crippen LogP contribution is 2.42. The van der Waals surface area contributed by atoms with Gasteiger partial charge in [0.1, 0.15) is 0 Å². The van der Waals surface area contributed by atoms with Crippen LogP contribution >= 0.6 is 0 Å². The first kappa shape index (κ1) is 27.0. The molecule has 0 saturated carbocycles. The Balaban J connectivity index is 6.30. The summed E-state index contributed by atoms with van der Waals surface area (Å²) in [7, 11) is -9.88. The Bertz CT molecular complexity index is 473. The van der Waals surface area contributed by atoms with Crippen molar-refractivity contribution >= 4 is 40.0 Å². The molecular formula is C18H42O5Si4. The fraction of sp³-hybridized carbons (Fsp3) is 0.833. The molecule has 0 saturated heterocycles. The summed E-state index contributed by atoms with van der Waals surface area (Å²) in [6.07, 6.45) is 2.96. The molecule has 0 bridgehead atoms. The van der Waals surface area contributed by atoms with Crippen molar-refractivity contribution in [1.82, 2.24) is 0 Å². The molecule has 0 N–H and O–H groups in total. The highest BCUT2D eigenvalue weighted by Gasteiger charge is 2.58. The van der Waals surface area contributed by atoms with Gasteiger partial charge in [-0.15, -0.1) is 0 Å². The molecule has 2 atom stereocenters. The van der Waals surface area contributed by atoms with Gasteiger partial charge in [0, 0.05) is 23.7 Å². The highest BCUT2D eigenvalue weighted by atomic mass is 28.5. The lowest BCUT2D eigenvalue weighted by molar-refractivity contribution is -0.131. The molecule has 0 aliphatic rings. The average molecular weight is 451 g/mol. The van der Waals surface area contributed by atoms with Crippen LogP contribution in [0, 0.1) is 0 Å². The van der Waals surface area contributed by atoms with Crippen LogP contribution in [0.25, 0.3) is 0 Å². The van der Waals surface area contributed by atoms with E-state index in [1.54, 1.807) is 0 Å². The number of carbonyl (C=O) groups excluding carboxylic acids is 1. The molecule has 0 heterocycles. The van der Waals surface area contributed by atoms with Crippen LogP contribution in [0.1, 0.15) is 40.5 Å². The SMILES string of the molecule is C=CC(=O)O[Si](O[Si](C)(O[Si](C)(C)C)O[Si](C)(C)C)(C(C)CC)C(C)CC. The fourth-order valence-corrected chi connectivity index (χ4v) is 20.7. The number of carbonyl (C=O) groups is 1. The number of hydrogen-bond donors (Lipinski definition) is 0. The minimum absolute atomic E-state index is 0.124. The summed E-state index contributed by atoms with van der Waals surface area (Å²) in [5, 5.41) is 0. The molecule has 0 aromatic rings. The van der Waals surface area contributed by atoms with Crippen molar-refractivity contribution < 1.29 is 21.6 Å². The molecule has 2 unspecified atom stereocenters. The summed E-state index contributed by atoms with van der Waals surface area (Å²) < 4.78 is 26.0. The van der Waals surface area contributed by atoms with Crippen LogP contribution < -0.4 is 0 Å². The van der Waals surface area contributed by atoms with Crippen molar-refractivity contribution in [2.45, 2.75) is 97.4 Å². The summed E-state index contributed by atoms with van der Waals surface area (Å²) >= 11 is 0. The van der Waals surface area contributed by atoms with Crippen molar-refractivity contribution in [1.29, 1.82) is 0 Å². The van der Waals surface area contributed by atoms with E-state index in [0.29, 0.717) is 0 Å². The van der Waals surface area contributed by atoms with E-state index in [1.165, 1.54) is 6.08 Å². The molecule has 0 aliphatic heterocycles. The molecule has 0 aromatic heterocycles. The van der Waals surface area contributed by atoms with Crippen LogP contribution in [0.5, 0.6) is 0 Å². The maximum Gasteiger partial charge on any atom is 0.468 e. The molecular weight excluding hydrogens is 409 g/mol. The van der Waals surface area contributed by atoms with Gasteiger partial charge < -0.3 is 16.8 Å². The second-order valence-corrected chi connectivity index (χ2v) is 25.6. The molecule has 0 aliphatic carbocycles. The Hall–Kier alpha value is -0.0425. The van der Waals surface area contributed by atoms with Gasteiger partial charge in [-0.2, -0.15) is 0 Å². The topological polar surface area (TPSA) is 54.0 Å². The average Bonchev–Trinajstić information content (AvgIpc) is 2.48. The van der Waals surface area contributed by atoms with E-state index in [0.717, 1.165) is 12.8 Å². The molecule has 0 fully saturated rings. The molecule has 9 heteroatoms. The summed E-state index contributed by atoms with van der Waals surface area (Å²) in [5.41, 5.74) is 0.247. The molecule has 27 heavy (non-hydrogen) atoms. The van der Waals surface area contributed by atoms with Gasteiger partial charge in [-0.1, -0.05) is 47.1 Å². The minimum atomic E-state index is -3.02. The van der Waals surface area contributed by atoms with Gasteiger partial charge in [-0.3, -0.25) is 0 Å². The van der Waals surface area contributed by atoms with Crippen LogP contribution in [-0.4, -0.2) is 40.0 Å². The second-order valence-electron chi connectivity index (χ2n) is 9.36. The number of hydrogen-bond acceptors (Lipinski definition) is 5. The first-order chi connectivity index (χ1) is 12.0. The summed E-state index contributed by atoms with van der Waals surface area (Å²) in [6, 6.07) is 0. The fourth-order valence-electron chi connectivity index (χ4n) is 3.14. The monoisotopic (exact) mass is 450 g/mol. The van der Waals surface area contributed by atoms with E-state index >= 15 is 0 Å². The van der Waals surface area contributed by atoms with Crippen molar-refractivity contribution in [2.24, 2.45) is 0 Å². The van der Waals surface area contributed by atoms with Crippen molar-refractivity contribution in [3.8, 4) is 0 Å². The minimum Gasteiger partial charge on any atom is -0.491 e. The highest BCUT2D eigenvalue weighted by molar-refractivity contribution is 6.89. The molecule has 0 aromatic carbocycles. The quantitative estimate of drug-likeness (QED) is 0.268. The van der Waals surface area contributed by atoms with Gasteiger partial charge in [0.25, 0.3) is 0 Å². The van der Waals surface area contributed by atoms with Gasteiger partial charge in [-0.25, -0.2) is 4.79 Å². The van der Waals surface area contributed by atoms with Gasteiger partial charge in [0.05, 0.1) is 0 Å². The summed E-state index contributed by atoms with van der Waals surface area (Å²) in [5.74, 6) is -0.417. The summed E-state index contributed by atoms with van der Waals surface area (Å²) in [6.45, 7) is 26.9. The van der Waals surface area contributed by atoms with Crippen molar-refractivity contribution in [3.05, 3.63) is 12.7 Å². The Kier molecular flexibility index (Phi) is 10.1. The third-order valence-electron chi connectivity index (χ3n) is 4.35. The molecule has 0 radical (unpaired) electrons. The van der Waals surface area contributed by atoms with E-state index in [2.05, 4.69) is 73.6 Å². The molecule has 0 amide bonds. The predicted octanol–water partition coefficient (Wildman–Crippen LogP) is 6.05. The van der Waals surface area contributed by atoms with Gasteiger partial charge in [-0.05, 0) is 39.3 Å². The van der Waals surface area contributed by atoms with Crippen LogP contribution in [0.3, 0.4) is 0 Å². The first-order valence-corrected chi connectivity index (χ1v) is 21.0. The lowest BCUT2D eigenvalue weighted by Gasteiger charge is -2.46. The molecule has 0 rings (SSSR count). The predicted molar refractivity (Wildman–Crippen MR) is 123 cm³/mol. The first-order valence-electron chi connectivity index (χ1n) is 10.00. The standard InChI is InChI=1S/C18H42O5Si4/c1-13-16(4)27(17(5)14-2,20-18(19)15-3)23-26(12,21-24(6,7)8)22-25(9,10)11/h15-17H,3,13-14H2,1-2,4-12H3. The Morgan fingerprint density at radius 2 is 1.22 bits per heavy atom. The zero-order valence-corrected chi connectivity index (χ0v) is 23.4. The third-order valence-corrected chi connectivity index (χ3v) is 19.1. The number of rotatable bonds is 12. The molecule has 160 valence electrons. The zero-order valence-electron chi connectivity index (χ0n) is 19.4. The Labute approximate surface area is 171 Å².